The summed E-state index contributed by atoms with van der Waals surface area (Å²) in [5.41, 5.74) is 5.63. The second-order valence-corrected chi connectivity index (χ2v) is 8.28. The quantitative estimate of drug-likeness (QED) is 0.167. The first-order chi connectivity index (χ1) is 13.5. The lowest BCUT2D eigenvalue weighted by Gasteiger charge is -2.27. The highest BCUT2D eigenvalue weighted by Gasteiger charge is 2.32. The van der Waals surface area contributed by atoms with Gasteiger partial charge in [0.15, 0.2) is 6.04 Å². The van der Waals surface area contributed by atoms with E-state index in [0.717, 1.165) is 0 Å². The molecule has 0 radical (unpaired) electrons. The van der Waals surface area contributed by atoms with Crippen molar-refractivity contribution in [2.75, 3.05) is 17.8 Å². The van der Waals surface area contributed by atoms with Crippen molar-refractivity contribution in [3.8, 4) is 0 Å². The lowest BCUT2D eigenvalue weighted by molar-refractivity contribution is -0.145. The average molecular weight is 453 g/mol. The topological polar surface area (TPSA) is 171 Å². The Hall–Kier alpha value is -1.50. The van der Waals surface area contributed by atoms with Crippen LogP contribution in [-0.4, -0.2) is 81.9 Å². The number of carboxylic acid groups (broad SMARTS) is 1. The van der Waals surface area contributed by atoms with Gasteiger partial charge in [0.05, 0.1) is 12.1 Å². The van der Waals surface area contributed by atoms with Gasteiger partial charge in [-0.15, -0.1) is 0 Å². The molecule has 0 saturated heterocycles. The van der Waals surface area contributed by atoms with E-state index in [2.05, 4.69) is 28.6 Å². The fourth-order valence-electron chi connectivity index (χ4n) is 2.29. The number of aliphatic hydroxyl groups is 1. The highest BCUT2D eigenvalue weighted by molar-refractivity contribution is 7.98. The summed E-state index contributed by atoms with van der Waals surface area (Å²) in [5.74, 6) is -2.93. The van der Waals surface area contributed by atoms with E-state index in [1.807, 2.05) is 6.26 Å². The summed E-state index contributed by atoms with van der Waals surface area (Å²) in [6.45, 7) is 4.69. The lowest BCUT2D eigenvalue weighted by Crippen LogP contribution is -2.59. The molecular formula is C17H32N4O6S2. The molecule has 29 heavy (non-hydrogen) atoms. The minimum absolute atomic E-state index is 0.104. The van der Waals surface area contributed by atoms with Crippen molar-refractivity contribution in [3.63, 3.8) is 0 Å². The zero-order valence-electron chi connectivity index (χ0n) is 17.0. The van der Waals surface area contributed by atoms with Gasteiger partial charge in [0.25, 0.3) is 0 Å². The molecule has 0 aliphatic heterocycles. The van der Waals surface area contributed by atoms with Gasteiger partial charge in [-0.2, -0.15) is 24.4 Å². The van der Waals surface area contributed by atoms with Crippen molar-refractivity contribution in [2.45, 2.75) is 57.5 Å². The number of aliphatic carboxylic acids is 1. The molecule has 7 N–H and O–H groups in total. The van der Waals surface area contributed by atoms with Crippen molar-refractivity contribution in [1.29, 1.82) is 0 Å². The molecule has 0 aliphatic rings. The van der Waals surface area contributed by atoms with Crippen LogP contribution >= 0.6 is 24.4 Å². The third-order valence-corrected chi connectivity index (χ3v) is 5.11. The number of hydrogen-bond donors (Lipinski definition) is 7. The molecule has 5 unspecified atom stereocenters. The average Bonchev–Trinajstić information content (AvgIpc) is 2.64. The maximum atomic E-state index is 12.7. The molecule has 12 heteroatoms. The summed E-state index contributed by atoms with van der Waals surface area (Å²) in [6.07, 6.45) is 0.737. The van der Waals surface area contributed by atoms with Gasteiger partial charge in [0, 0.05) is 5.75 Å². The van der Waals surface area contributed by atoms with Crippen molar-refractivity contribution in [3.05, 3.63) is 0 Å². The van der Waals surface area contributed by atoms with E-state index < -0.39 is 54.0 Å². The van der Waals surface area contributed by atoms with Gasteiger partial charge >= 0.3 is 5.97 Å². The number of thiol groups is 1. The molecule has 0 saturated carbocycles. The Balaban J connectivity index is 5.34. The molecule has 3 amide bonds. The number of rotatable bonds is 13. The van der Waals surface area contributed by atoms with E-state index in [1.54, 1.807) is 13.8 Å². The second-order valence-electron chi connectivity index (χ2n) is 6.93. The molecule has 0 spiro atoms. The Morgan fingerprint density at radius 3 is 1.97 bits per heavy atom. The highest BCUT2D eigenvalue weighted by Crippen LogP contribution is 2.07. The molecule has 0 rings (SSSR count). The number of nitrogens with one attached hydrogen (secondary N) is 3. The molecular weight excluding hydrogens is 420 g/mol. The first kappa shape index (κ1) is 27.5. The second kappa shape index (κ2) is 13.7. The Morgan fingerprint density at radius 1 is 1.00 bits per heavy atom. The summed E-state index contributed by atoms with van der Waals surface area (Å²) in [6, 6.07) is -4.37. The number of hydrogen-bond acceptors (Lipinski definition) is 8. The van der Waals surface area contributed by atoms with Crippen LogP contribution in [0.5, 0.6) is 0 Å². The molecule has 168 valence electrons. The van der Waals surface area contributed by atoms with Crippen molar-refractivity contribution in [2.24, 2.45) is 11.7 Å². The summed E-state index contributed by atoms with van der Waals surface area (Å²) in [7, 11) is 0. The number of amides is 3. The van der Waals surface area contributed by atoms with E-state index in [0.29, 0.717) is 5.75 Å². The number of carbonyl (C=O) groups excluding carboxylic acids is 3. The van der Waals surface area contributed by atoms with Crippen LogP contribution in [-0.2, 0) is 19.2 Å². The summed E-state index contributed by atoms with van der Waals surface area (Å²) in [4.78, 5) is 48.5. The van der Waals surface area contributed by atoms with Gasteiger partial charge in [-0.25, -0.2) is 4.79 Å². The van der Waals surface area contributed by atoms with Crippen LogP contribution in [0.1, 0.15) is 27.2 Å². The smallest absolute Gasteiger partial charge is 0.328 e. The van der Waals surface area contributed by atoms with E-state index in [9.17, 15) is 24.3 Å². The van der Waals surface area contributed by atoms with Gasteiger partial charge < -0.3 is 31.9 Å². The number of aliphatic hydroxyl groups excluding tert-OH is 1. The van der Waals surface area contributed by atoms with Crippen molar-refractivity contribution < 1.29 is 29.4 Å². The number of thioether (sulfide) groups is 1. The summed E-state index contributed by atoms with van der Waals surface area (Å²) >= 11 is 5.40. The first-order valence-electron chi connectivity index (χ1n) is 9.13. The van der Waals surface area contributed by atoms with Crippen LogP contribution in [0.2, 0.25) is 0 Å². The van der Waals surface area contributed by atoms with Crippen molar-refractivity contribution >= 4 is 48.1 Å². The van der Waals surface area contributed by atoms with E-state index in [1.165, 1.54) is 18.7 Å². The standard InChI is InChI=1S/C17H32N4O6S2/c1-8(2)12(20-14(23)10(18)7-28)16(25)19-11(5-6-29-4)15(24)21-13(9(3)22)17(26)27/h8-13,22,28H,5-7,18H2,1-4H3,(H,19,25)(H,20,23)(H,21,24)(H,26,27). The minimum Gasteiger partial charge on any atom is -0.480 e. The largest absolute Gasteiger partial charge is 0.480 e. The van der Waals surface area contributed by atoms with Crippen LogP contribution in [0.4, 0.5) is 0 Å². The third kappa shape index (κ3) is 9.70. The van der Waals surface area contributed by atoms with Crippen molar-refractivity contribution in [1.82, 2.24) is 16.0 Å². The normalized spacial score (nSPS) is 16.3. The Labute approximate surface area is 180 Å². The number of nitrogens with two attached hydrogens (primary N) is 1. The Bertz CT molecular complexity index is 576. The van der Waals surface area contributed by atoms with Crippen LogP contribution in [0.15, 0.2) is 0 Å². The van der Waals surface area contributed by atoms with Crippen LogP contribution < -0.4 is 21.7 Å². The molecule has 5 atom stereocenters. The number of carboxylic acids is 1. The van der Waals surface area contributed by atoms with Gasteiger partial charge in [0.2, 0.25) is 17.7 Å². The van der Waals surface area contributed by atoms with E-state index >= 15 is 0 Å². The molecule has 0 aromatic rings. The zero-order chi connectivity index (χ0) is 22.7. The fraction of sp³-hybridized carbons (Fsp3) is 0.765. The SMILES string of the molecule is CSCCC(NC(=O)C(NC(=O)C(N)CS)C(C)C)C(=O)NC(C(=O)O)C(C)O. The molecule has 10 nitrogen and oxygen atoms in total. The van der Waals surface area contributed by atoms with Crippen LogP contribution in [0, 0.1) is 5.92 Å². The zero-order valence-corrected chi connectivity index (χ0v) is 18.8. The van der Waals surface area contributed by atoms with Gasteiger partial charge in [-0.05, 0) is 31.3 Å². The first-order valence-corrected chi connectivity index (χ1v) is 11.2. The maximum absolute atomic E-state index is 12.7. The molecule has 0 aromatic carbocycles. The summed E-state index contributed by atoms with van der Waals surface area (Å²) in [5, 5.41) is 26.0. The molecule has 0 fully saturated rings. The lowest BCUT2D eigenvalue weighted by atomic mass is 10.0. The molecule has 0 aromatic heterocycles. The predicted octanol–water partition coefficient (Wildman–Crippen LogP) is -1.43. The monoisotopic (exact) mass is 452 g/mol. The fourth-order valence-corrected chi connectivity index (χ4v) is 2.92. The maximum Gasteiger partial charge on any atom is 0.328 e. The van der Waals surface area contributed by atoms with Gasteiger partial charge in [0.1, 0.15) is 12.1 Å². The molecule has 0 heterocycles. The van der Waals surface area contributed by atoms with E-state index in [-0.39, 0.29) is 18.1 Å². The predicted molar refractivity (Wildman–Crippen MR) is 115 cm³/mol. The Kier molecular flexibility index (Phi) is 13.0. The molecule has 0 bridgehead atoms. The minimum atomic E-state index is -1.51. The van der Waals surface area contributed by atoms with Gasteiger partial charge in [-0.3, -0.25) is 14.4 Å². The Morgan fingerprint density at radius 2 is 1.55 bits per heavy atom. The van der Waals surface area contributed by atoms with Crippen LogP contribution in [0.25, 0.3) is 0 Å². The van der Waals surface area contributed by atoms with Gasteiger partial charge in [-0.1, -0.05) is 13.8 Å². The third-order valence-electron chi connectivity index (χ3n) is 4.07. The number of carbonyl (C=O) groups is 4. The highest BCUT2D eigenvalue weighted by atomic mass is 32.2. The van der Waals surface area contributed by atoms with Crippen LogP contribution in [0.3, 0.4) is 0 Å². The summed E-state index contributed by atoms with van der Waals surface area (Å²) < 4.78 is 0. The molecule has 0 aliphatic carbocycles. The van der Waals surface area contributed by atoms with E-state index in [4.69, 9.17) is 10.8 Å².